The van der Waals surface area contributed by atoms with Gasteiger partial charge in [0, 0.05) is 10.6 Å². The van der Waals surface area contributed by atoms with E-state index in [1.54, 1.807) is 36.4 Å². The van der Waals surface area contributed by atoms with E-state index < -0.39 is 0 Å². The smallest absolute Gasteiger partial charge is 0.269 e. The maximum absolute atomic E-state index is 12.8. The van der Waals surface area contributed by atoms with Crippen molar-refractivity contribution in [2.24, 2.45) is 0 Å². The third kappa shape index (κ3) is 3.59. The topological polar surface area (TPSA) is 41.1 Å². The van der Waals surface area contributed by atoms with Crippen LogP contribution in [0.15, 0.2) is 55.1 Å². The number of hydrazine groups is 1. The molecule has 0 bridgehead atoms. The first-order valence-corrected chi connectivity index (χ1v) is 6.21. The standard InChI is InChI=1S/C15H12ClFN2O/c1-10(11-4-8-14(17)9-5-11)18-19-15(20)12-2-6-13(16)7-3-12/h2-9,18H,1H2,(H,19,20). The number of amides is 1. The van der Waals surface area contributed by atoms with Crippen LogP contribution in [-0.4, -0.2) is 5.91 Å². The van der Waals surface area contributed by atoms with Gasteiger partial charge in [0.1, 0.15) is 5.82 Å². The van der Waals surface area contributed by atoms with Crippen LogP contribution in [0.25, 0.3) is 5.70 Å². The molecule has 102 valence electrons. The average Bonchev–Trinajstić information content (AvgIpc) is 2.46. The van der Waals surface area contributed by atoms with Crippen LogP contribution in [-0.2, 0) is 0 Å². The van der Waals surface area contributed by atoms with Crippen molar-refractivity contribution >= 4 is 23.2 Å². The zero-order valence-corrected chi connectivity index (χ0v) is 11.2. The van der Waals surface area contributed by atoms with Gasteiger partial charge in [0.2, 0.25) is 0 Å². The Kier molecular flexibility index (Phi) is 4.38. The lowest BCUT2D eigenvalue weighted by Crippen LogP contribution is -2.35. The second kappa shape index (κ2) is 6.21. The third-order valence-corrected chi connectivity index (χ3v) is 2.88. The molecular formula is C15H12ClFN2O. The maximum Gasteiger partial charge on any atom is 0.269 e. The highest BCUT2D eigenvalue weighted by molar-refractivity contribution is 6.30. The second-order valence-electron chi connectivity index (χ2n) is 4.07. The van der Waals surface area contributed by atoms with Gasteiger partial charge < -0.3 is 0 Å². The molecule has 0 spiro atoms. The molecule has 2 aromatic carbocycles. The average molecular weight is 291 g/mol. The fraction of sp³-hybridized carbons (Fsp3) is 0. The van der Waals surface area contributed by atoms with Gasteiger partial charge in [-0.25, -0.2) is 4.39 Å². The Balaban J connectivity index is 1.94. The molecule has 0 heterocycles. The van der Waals surface area contributed by atoms with Crippen molar-refractivity contribution in [1.29, 1.82) is 0 Å². The molecule has 2 rings (SSSR count). The first-order valence-electron chi connectivity index (χ1n) is 5.83. The van der Waals surface area contributed by atoms with Crippen molar-refractivity contribution in [3.05, 3.63) is 77.1 Å². The summed E-state index contributed by atoms with van der Waals surface area (Å²) in [6, 6.07) is 12.3. The van der Waals surface area contributed by atoms with Crippen molar-refractivity contribution in [1.82, 2.24) is 10.9 Å². The fourth-order valence-corrected chi connectivity index (χ4v) is 1.65. The highest BCUT2D eigenvalue weighted by Crippen LogP contribution is 2.11. The van der Waals surface area contributed by atoms with Crippen LogP contribution in [0.3, 0.4) is 0 Å². The molecule has 0 aliphatic rings. The van der Waals surface area contributed by atoms with E-state index in [0.717, 1.165) is 0 Å². The summed E-state index contributed by atoms with van der Waals surface area (Å²) < 4.78 is 12.8. The number of nitrogens with one attached hydrogen (secondary N) is 2. The lowest BCUT2D eigenvalue weighted by Gasteiger charge is -2.11. The van der Waals surface area contributed by atoms with Gasteiger partial charge in [-0.05, 0) is 54.1 Å². The van der Waals surface area contributed by atoms with Crippen LogP contribution in [0.2, 0.25) is 5.02 Å². The van der Waals surface area contributed by atoms with Gasteiger partial charge in [0.25, 0.3) is 5.91 Å². The number of hydrogen-bond acceptors (Lipinski definition) is 2. The van der Waals surface area contributed by atoms with Crippen LogP contribution in [0.5, 0.6) is 0 Å². The minimum atomic E-state index is -0.327. The highest BCUT2D eigenvalue weighted by atomic mass is 35.5. The molecule has 5 heteroatoms. The molecule has 0 saturated heterocycles. The predicted molar refractivity (Wildman–Crippen MR) is 77.5 cm³/mol. The molecule has 3 nitrogen and oxygen atoms in total. The van der Waals surface area contributed by atoms with Gasteiger partial charge in [-0.2, -0.15) is 0 Å². The molecule has 0 atom stereocenters. The van der Waals surface area contributed by atoms with E-state index in [9.17, 15) is 9.18 Å². The summed E-state index contributed by atoms with van der Waals surface area (Å²) >= 11 is 5.74. The Morgan fingerprint density at radius 1 is 0.950 bits per heavy atom. The zero-order valence-electron chi connectivity index (χ0n) is 10.5. The van der Waals surface area contributed by atoms with Crippen molar-refractivity contribution in [2.75, 3.05) is 0 Å². The maximum atomic E-state index is 12.8. The summed E-state index contributed by atoms with van der Waals surface area (Å²) in [5.74, 6) is -0.642. The SMILES string of the molecule is C=C(NNC(=O)c1ccc(Cl)cc1)c1ccc(F)cc1. The molecule has 2 aromatic rings. The Bertz CT molecular complexity index is 566. The van der Waals surface area contributed by atoms with E-state index in [1.807, 2.05) is 0 Å². The molecule has 0 aliphatic heterocycles. The van der Waals surface area contributed by atoms with Gasteiger partial charge >= 0.3 is 0 Å². The number of benzene rings is 2. The van der Waals surface area contributed by atoms with Gasteiger partial charge in [-0.3, -0.25) is 15.6 Å². The van der Waals surface area contributed by atoms with E-state index in [-0.39, 0.29) is 11.7 Å². The van der Waals surface area contributed by atoms with Crippen LogP contribution >= 0.6 is 11.6 Å². The van der Waals surface area contributed by atoms with Crippen molar-refractivity contribution in [3.63, 3.8) is 0 Å². The normalized spacial score (nSPS) is 9.90. The van der Waals surface area contributed by atoms with Gasteiger partial charge in [0.15, 0.2) is 0 Å². The Labute approximate surface area is 121 Å². The third-order valence-electron chi connectivity index (χ3n) is 2.63. The number of carbonyl (C=O) groups excluding carboxylic acids is 1. The summed E-state index contributed by atoms with van der Waals surface area (Å²) in [6.45, 7) is 3.76. The Morgan fingerprint density at radius 2 is 1.50 bits per heavy atom. The van der Waals surface area contributed by atoms with Crippen LogP contribution < -0.4 is 10.9 Å². The van der Waals surface area contributed by atoms with Gasteiger partial charge in [-0.15, -0.1) is 0 Å². The first kappa shape index (κ1) is 14.1. The number of carbonyl (C=O) groups is 1. The van der Waals surface area contributed by atoms with E-state index >= 15 is 0 Å². The minimum absolute atomic E-state index is 0.315. The first-order chi connectivity index (χ1) is 9.56. The molecule has 0 fully saturated rings. The minimum Gasteiger partial charge on any atom is -0.298 e. The Morgan fingerprint density at radius 3 is 2.10 bits per heavy atom. The van der Waals surface area contributed by atoms with Crippen molar-refractivity contribution in [3.8, 4) is 0 Å². The molecule has 0 aliphatic carbocycles. The number of hydrogen-bond donors (Lipinski definition) is 2. The van der Waals surface area contributed by atoms with E-state index in [1.165, 1.54) is 12.1 Å². The lowest BCUT2D eigenvalue weighted by molar-refractivity contribution is 0.0942. The van der Waals surface area contributed by atoms with Gasteiger partial charge in [0.05, 0.1) is 5.70 Å². The summed E-state index contributed by atoms with van der Waals surface area (Å²) in [4.78, 5) is 11.8. The largest absolute Gasteiger partial charge is 0.298 e. The fourth-order valence-electron chi connectivity index (χ4n) is 1.53. The van der Waals surface area contributed by atoms with Crippen LogP contribution in [0, 0.1) is 5.82 Å². The second-order valence-corrected chi connectivity index (χ2v) is 4.51. The molecule has 2 N–H and O–H groups in total. The van der Waals surface area contributed by atoms with Crippen LogP contribution in [0.4, 0.5) is 4.39 Å². The Hall–Kier alpha value is -2.33. The summed E-state index contributed by atoms with van der Waals surface area (Å²) in [5.41, 5.74) is 6.80. The van der Waals surface area contributed by atoms with Gasteiger partial charge in [-0.1, -0.05) is 18.2 Å². The number of rotatable bonds is 4. The molecular weight excluding hydrogens is 279 g/mol. The summed E-state index contributed by atoms with van der Waals surface area (Å²) in [6.07, 6.45) is 0. The van der Waals surface area contributed by atoms with E-state index in [4.69, 9.17) is 11.6 Å². The molecule has 0 aromatic heterocycles. The molecule has 0 unspecified atom stereocenters. The molecule has 1 amide bonds. The predicted octanol–water partition coefficient (Wildman–Crippen LogP) is 3.38. The quantitative estimate of drug-likeness (QED) is 0.848. The molecule has 0 saturated carbocycles. The van der Waals surface area contributed by atoms with Crippen LogP contribution in [0.1, 0.15) is 15.9 Å². The summed E-state index contributed by atoms with van der Waals surface area (Å²) in [7, 11) is 0. The zero-order chi connectivity index (χ0) is 14.5. The van der Waals surface area contributed by atoms with E-state index in [0.29, 0.717) is 21.8 Å². The summed E-state index contributed by atoms with van der Waals surface area (Å²) in [5, 5.41) is 0.560. The highest BCUT2D eigenvalue weighted by Gasteiger charge is 2.05. The monoisotopic (exact) mass is 290 g/mol. The van der Waals surface area contributed by atoms with E-state index in [2.05, 4.69) is 17.4 Å². The van der Waals surface area contributed by atoms with Crippen molar-refractivity contribution in [2.45, 2.75) is 0 Å². The number of halogens is 2. The van der Waals surface area contributed by atoms with Crippen molar-refractivity contribution < 1.29 is 9.18 Å². The molecule has 20 heavy (non-hydrogen) atoms. The lowest BCUT2D eigenvalue weighted by atomic mass is 10.2. The molecule has 0 radical (unpaired) electrons.